The average molecular weight is 395 g/mol. The number of benzene rings is 2. The van der Waals surface area contributed by atoms with Crippen LogP contribution in [0.15, 0.2) is 47.8 Å². The Kier molecular flexibility index (Phi) is 5.27. The minimum Gasteiger partial charge on any atom is -0.465 e. The van der Waals surface area contributed by atoms with E-state index in [0.717, 1.165) is 17.7 Å². The summed E-state index contributed by atoms with van der Waals surface area (Å²) in [5.74, 6) is -1.21. The van der Waals surface area contributed by atoms with Crippen LogP contribution >= 0.6 is 11.3 Å². The summed E-state index contributed by atoms with van der Waals surface area (Å²) in [5, 5.41) is 2.14. The molecule has 140 valence electrons. The number of halogens is 4. The van der Waals surface area contributed by atoms with Crippen molar-refractivity contribution in [2.24, 2.45) is 0 Å². The van der Waals surface area contributed by atoms with E-state index in [4.69, 9.17) is 0 Å². The van der Waals surface area contributed by atoms with E-state index in [1.54, 1.807) is 24.3 Å². The molecule has 8 heteroatoms. The van der Waals surface area contributed by atoms with E-state index in [0.29, 0.717) is 23.1 Å². The summed E-state index contributed by atoms with van der Waals surface area (Å²) in [6, 6.07) is 8.96. The first kappa shape index (κ1) is 19.0. The van der Waals surface area contributed by atoms with Crippen molar-refractivity contribution in [3.8, 4) is 11.3 Å². The Morgan fingerprint density at radius 1 is 1.15 bits per heavy atom. The summed E-state index contributed by atoms with van der Waals surface area (Å²) in [6.45, 7) is 0. The molecule has 1 aromatic heterocycles. The van der Waals surface area contributed by atoms with Gasteiger partial charge in [0.15, 0.2) is 0 Å². The van der Waals surface area contributed by atoms with Gasteiger partial charge in [0.1, 0.15) is 5.82 Å². The van der Waals surface area contributed by atoms with E-state index in [1.165, 1.54) is 23.8 Å². The van der Waals surface area contributed by atoms with Crippen LogP contribution in [0.4, 0.5) is 17.6 Å². The number of carbonyl (C=O) groups is 1. The van der Waals surface area contributed by atoms with Gasteiger partial charge in [-0.2, -0.15) is 13.2 Å². The number of aromatic nitrogens is 1. The van der Waals surface area contributed by atoms with Gasteiger partial charge in [-0.15, -0.1) is 11.3 Å². The summed E-state index contributed by atoms with van der Waals surface area (Å²) in [4.78, 5) is 15.7. The smallest absolute Gasteiger partial charge is 0.416 e. The molecule has 0 aliphatic heterocycles. The topological polar surface area (TPSA) is 39.2 Å². The SMILES string of the molecule is COC(=O)c1ccc(Cc2nc(-c3cc(C(F)(F)F)ccc3F)cs2)cc1. The van der Waals surface area contributed by atoms with Gasteiger partial charge in [0.05, 0.1) is 28.9 Å². The van der Waals surface area contributed by atoms with Gasteiger partial charge >= 0.3 is 12.1 Å². The fourth-order valence-corrected chi connectivity index (χ4v) is 3.29. The summed E-state index contributed by atoms with van der Waals surface area (Å²) >= 11 is 1.23. The number of methoxy groups -OCH3 is 1. The molecule has 0 amide bonds. The molecule has 27 heavy (non-hydrogen) atoms. The molecule has 0 N–H and O–H groups in total. The van der Waals surface area contributed by atoms with Crippen LogP contribution in [0.1, 0.15) is 26.5 Å². The molecule has 2 aromatic carbocycles. The Bertz CT molecular complexity index is 965. The Morgan fingerprint density at radius 3 is 2.48 bits per heavy atom. The predicted molar refractivity (Wildman–Crippen MR) is 93.1 cm³/mol. The number of alkyl halides is 3. The zero-order valence-electron chi connectivity index (χ0n) is 14.0. The summed E-state index contributed by atoms with van der Waals surface area (Å²) in [7, 11) is 1.29. The number of rotatable bonds is 4. The third kappa shape index (κ3) is 4.33. The minimum atomic E-state index is -4.55. The lowest BCUT2D eigenvalue weighted by atomic mass is 10.1. The summed E-state index contributed by atoms with van der Waals surface area (Å²) in [5.41, 5.74) is 0.310. The molecule has 3 aromatic rings. The highest BCUT2D eigenvalue weighted by Gasteiger charge is 2.31. The van der Waals surface area contributed by atoms with Crippen LogP contribution in [-0.4, -0.2) is 18.1 Å². The molecule has 3 rings (SSSR count). The van der Waals surface area contributed by atoms with E-state index in [1.807, 2.05) is 0 Å². The number of hydrogen-bond donors (Lipinski definition) is 0. The third-order valence-corrected chi connectivity index (χ3v) is 4.70. The lowest BCUT2D eigenvalue weighted by Gasteiger charge is -2.08. The van der Waals surface area contributed by atoms with E-state index >= 15 is 0 Å². The van der Waals surface area contributed by atoms with Gasteiger partial charge in [0.2, 0.25) is 0 Å². The van der Waals surface area contributed by atoms with Gasteiger partial charge in [-0.25, -0.2) is 14.2 Å². The molecule has 0 saturated heterocycles. The molecule has 0 aliphatic rings. The van der Waals surface area contributed by atoms with Crippen LogP contribution in [0.3, 0.4) is 0 Å². The van der Waals surface area contributed by atoms with Crippen molar-refractivity contribution in [1.29, 1.82) is 0 Å². The lowest BCUT2D eigenvalue weighted by Crippen LogP contribution is -2.05. The fraction of sp³-hybridized carbons (Fsp3) is 0.158. The molecule has 0 radical (unpaired) electrons. The Labute approximate surface area is 156 Å². The number of thiazole rings is 1. The van der Waals surface area contributed by atoms with Gasteiger partial charge in [-0.1, -0.05) is 12.1 Å². The van der Waals surface area contributed by atoms with Crippen molar-refractivity contribution >= 4 is 17.3 Å². The molecule has 0 spiro atoms. The second-order valence-electron chi connectivity index (χ2n) is 5.68. The normalized spacial score (nSPS) is 11.4. The van der Waals surface area contributed by atoms with Crippen LogP contribution in [0.25, 0.3) is 11.3 Å². The van der Waals surface area contributed by atoms with Crippen molar-refractivity contribution in [1.82, 2.24) is 4.98 Å². The Morgan fingerprint density at radius 2 is 1.85 bits per heavy atom. The number of nitrogens with zero attached hydrogens (tertiary/aromatic N) is 1. The van der Waals surface area contributed by atoms with Crippen molar-refractivity contribution in [3.05, 3.63) is 75.4 Å². The van der Waals surface area contributed by atoms with Crippen LogP contribution in [0.2, 0.25) is 0 Å². The molecule has 3 nitrogen and oxygen atoms in total. The first-order chi connectivity index (χ1) is 12.8. The predicted octanol–water partition coefficient (Wildman–Crippen LogP) is 5.35. The molecule has 0 saturated carbocycles. The lowest BCUT2D eigenvalue weighted by molar-refractivity contribution is -0.137. The molecular formula is C19H13F4NO2S. The molecule has 0 fully saturated rings. The van der Waals surface area contributed by atoms with Crippen LogP contribution in [0.5, 0.6) is 0 Å². The number of ether oxygens (including phenoxy) is 1. The molecule has 0 atom stereocenters. The zero-order chi connectivity index (χ0) is 19.6. The maximum atomic E-state index is 14.0. The van der Waals surface area contributed by atoms with Crippen LogP contribution < -0.4 is 0 Å². The van der Waals surface area contributed by atoms with Gasteiger partial charge < -0.3 is 4.74 Å². The monoisotopic (exact) mass is 395 g/mol. The highest BCUT2D eigenvalue weighted by molar-refractivity contribution is 7.10. The fourth-order valence-electron chi connectivity index (χ4n) is 2.46. The molecule has 0 bridgehead atoms. The first-order valence-corrected chi connectivity index (χ1v) is 8.64. The maximum absolute atomic E-state index is 14.0. The van der Waals surface area contributed by atoms with Gasteiger partial charge in [-0.3, -0.25) is 0 Å². The number of carbonyl (C=O) groups excluding carboxylic acids is 1. The average Bonchev–Trinajstić information content (AvgIpc) is 3.09. The van der Waals surface area contributed by atoms with E-state index in [9.17, 15) is 22.4 Å². The second kappa shape index (κ2) is 7.48. The van der Waals surface area contributed by atoms with Gasteiger partial charge in [0, 0.05) is 17.4 Å². The van der Waals surface area contributed by atoms with Crippen molar-refractivity contribution in [2.75, 3.05) is 7.11 Å². The van der Waals surface area contributed by atoms with Crippen molar-refractivity contribution in [3.63, 3.8) is 0 Å². The van der Waals surface area contributed by atoms with Gasteiger partial charge in [-0.05, 0) is 35.9 Å². The third-order valence-electron chi connectivity index (χ3n) is 3.85. The standard InChI is InChI=1S/C19H13F4NO2S/c1-26-18(25)12-4-2-11(3-5-12)8-17-24-16(10-27-17)14-9-13(19(21,22)23)6-7-15(14)20/h2-7,9-10H,8H2,1H3. The second-order valence-corrected chi connectivity index (χ2v) is 6.63. The molecule has 1 heterocycles. The molecule has 0 unspecified atom stereocenters. The van der Waals surface area contributed by atoms with Crippen LogP contribution in [-0.2, 0) is 17.3 Å². The summed E-state index contributed by atoms with van der Waals surface area (Å²) in [6.07, 6.45) is -4.14. The number of hydrogen-bond acceptors (Lipinski definition) is 4. The Hall–Kier alpha value is -2.74. The zero-order valence-corrected chi connectivity index (χ0v) is 14.8. The largest absolute Gasteiger partial charge is 0.465 e. The number of esters is 1. The van der Waals surface area contributed by atoms with Crippen LogP contribution in [0, 0.1) is 5.82 Å². The molecule has 0 aliphatic carbocycles. The Balaban J connectivity index is 1.82. The van der Waals surface area contributed by atoms with E-state index in [2.05, 4.69) is 9.72 Å². The highest BCUT2D eigenvalue weighted by atomic mass is 32.1. The highest BCUT2D eigenvalue weighted by Crippen LogP contribution is 2.34. The first-order valence-electron chi connectivity index (χ1n) is 7.76. The van der Waals surface area contributed by atoms with Crippen molar-refractivity contribution in [2.45, 2.75) is 12.6 Å². The van der Waals surface area contributed by atoms with E-state index < -0.39 is 23.5 Å². The van der Waals surface area contributed by atoms with Crippen molar-refractivity contribution < 1.29 is 27.1 Å². The molecular weight excluding hydrogens is 382 g/mol. The minimum absolute atomic E-state index is 0.157. The van der Waals surface area contributed by atoms with E-state index in [-0.39, 0.29) is 11.3 Å². The van der Waals surface area contributed by atoms with Gasteiger partial charge in [0.25, 0.3) is 0 Å². The quantitative estimate of drug-likeness (QED) is 0.442. The maximum Gasteiger partial charge on any atom is 0.416 e. The summed E-state index contributed by atoms with van der Waals surface area (Å²) < 4.78 is 57.2.